The monoisotopic (exact) mass is 242 g/mol. The van der Waals surface area contributed by atoms with Gasteiger partial charge in [0.2, 0.25) is 0 Å². The second-order valence-electron chi connectivity index (χ2n) is 5.17. The molecule has 0 bridgehead atoms. The molecule has 3 rings (SSSR count). The van der Waals surface area contributed by atoms with Crippen LogP contribution >= 0.6 is 0 Å². The summed E-state index contributed by atoms with van der Waals surface area (Å²) in [7, 11) is 1.91. The molecule has 1 aliphatic carbocycles. The molecule has 2 aromatic rings. The molecule has 0 spiro atoms. The molecule has 0 radical (unpaired) electrons. The van der Waals surface area contributed by atoms with E-state index in [1.807, 2.05) is 7.05 Å². The number of nitrogens with zero attached hydrogens (tertiary/aromatic N) is 1. The molecular formula is C15H18N2O. The first-order valence-electron chi connectivity index (χ1n) is 6.47. The molecule has 1 atom stereocenters. The van der Waals surface area contributed by atoms with E-state index in [0.717, 1.165) is 17.8 Å². The van der Waals surface area contributed by atoms with E-state index in [4.69, 9.17) is 4.52 Å². The second-order valence-corrected chi connectivity index (χ2v) is 5.17. The molecule has 94 valence electrons. The third-order valence-corrected chi connectivity index (χ3v) is 4.10. The van der Waals surface area contributed by atoms with Crippen molar-refractivity contribution in [1.82, 2.24) is 5.16 Å². The van der Waals surface area contributed by atoms with Crippen molar-refractivity contribution in [2.75, 3.05) is 12.4 Å². The van der Waals surface area contributed by atoms with Gasteiger partial charge in [-0.3, -0.25) is 0 Å². The SMILES string of the molecule is CNc1conc1C1(C)CCCc2ccccc21. The second kappa shape index (κ2) is 4.16. The Morgan fingerprint density at radius 3 is 3.00 bits per heavy atom. The molecule has 3 heteroatoms. The van der Waals surface area contributed by atoms with E-state index in [2.05, 4.69) is 41.7 Å². The first-order valence-corrected chi connectivity index (χ1v) is 6.47. The number of benzene rings is 1. The minimum Gasteiger partial charge on any atom is -0.384 e. The summed E-state index contributed by atoms with van der Waals surface area (Å²) in [6.07, 6.45) is 5.17. The van der Waals surface area contributed by atoms with Crippen LogP contribution in [0.15, 0.2) is 35.1 Å². The lowest BCUT2D eigenvalue weighted by molar-refractivity contribution is 0.376. The van der Waals surface area contributed by atoms with Crippen molar-refractivity contribution in [3.8, 4) is 0 Å². The third kappa shape index (κ3) is 1.54. The van der Waals surface area contributed by atoms with Crippen LogP contribution < -0.4 is 5.32 Å². The van der Waals surface area contributed by atoms with Gasteiger partial charge >= 0.3 is 0 Å². The van der Waals surface area contributed by atoms with Crippen LogP contribution in [0.4, 0.5) is 5.69 Å². The highest BCUT2D eigenvalue weighted by atomic mass is 16.5. The number of anilines is 1. The zero-order chi connectivity index (χ0) is 12.6. The molecule has 3 nitrogen and oxygen atoms in total. The van der Waals surface area contributed by atoms with E-state index in [1.54, 1.807) is 6.26 Å². The Labute approximate surface area is 107 Å². The molecule has 0 saturated carbocycles. The van der Waals surface area contributed by atoms with Gasteiger partial charge in [-0.1, -0.05) is 29.4 Å². The highest BCUT2D eigenvalue weighted by Gasteiger charge is 2.37. The van der Waals surface area contributed by atoms with Crippen molar-refractivity contribution in [1.29, 1.82) is 0 Å². The molecule has 0 aliphatic heterocycles. The van der Waals surface area contributed by atoms with Gasteiger partial charge in [0.25, 0.3) is 0 Å². The lowest BCUT2D eigenvalue weighted by Crippen LogP contribution is -2.30. The Morgan fingerprint density at radius 1 is 1.33 bits per heavy atom. The predicted molar refractivity (Wildman–Crippen MR) is 71.9 cm³/mol. The zero-order valence-corrected chi connectivity index (χ0v) is 10.9. The number of aromatic nitrogens is 1. The maximum atomic E-state index is 5.16. The number of nitrogens with one attached hydrogen (secondary N) is 1. The average Bonchev–Trinajstić information content (AvgIpc) is 2.88. The predicted octanol–water partition coefficient (Wildman–Crippen LogP) is 3.36. The van der Waals surface area contributed by atoms with Crippen LogP contribution in [0.3, 0.4) is 0 Å². The van der Waals surface area contributed by atoms with Gasteiger partial charge < -0.3 is 9.84 Å². The number of hydrogen-bond donors (Lipinski definition) is 1. The Kier molecular flexibility index (Phi) is 2.62. The number of rotatable bonds is 2. The summed E-state index contributed by atoms with van der Waals surface area (Å²) in [5.41, 5.74) is 4.81. The average molecular weight is 242 g/mol. The molecule has 1 unspecified atom stereocenters. The maximum absolute atomic E-state index is 5.16. The van der Waals surface area contributed by atoms with Gasteiger partial charge in [0.05, 0.1) is 5.69 Å². The molecule has 1 N–H and O–H groups in total. The normalized spacial score (nSPS) is 22.6. The van der Waals surface area contributed by atoms with Crippen LogP contribution in [0.2, 0.25) is 0 Å². The van der Waals surface area contributed by atoms with Crippen LogP contribution in [0.5, 0.6) is 0 Å². The molecule has 1 aliphatic rings. The van der Waals surface area contributed by atoms with Crippen molar-refractivity contribution >= 4 is 5.69 Å². The molecule has 18 heavy (non-hydrogen) atoms. The van der Waals surface area contributed by atoms with E-state index in [-0.39, 0.29) is 5.41 Å². The number of aryl methyl sites for hydroxylation is 1. The number of fused-ring (bicyclic) bond motifs is 1. The van der Waals surface area contributed by atoms with Gasteiger partial charge in [0, 0.05) is 12.5 Å². The lowest BCUT2D eigenvalue weighted by atomic mass is 9.69. The standard InChI is InChI=1S/C15H18N2O/c1-15(14-13(16-2)10-18-17-14)9-5-7-11-6-3-4-8-12(11)15/h3-4,6,8,10,16H,5,7,9H2,1-2H3. The smallest absolute Gasteiger partial charge is 0.147 e. The molecule has 0 saturated heterocycles. The van der Waals surface area contributed by atoms with Gasteiger partial charge in [0.1, 0.15) is 12.0 Å². The van der Waals surface area contributed by atoms with Crippen molar-refractivity contribution in [2.45, 2.75) is 31.6 Å². The van der Waals surface area contributed by atoms with Gasteiger partial charge in [-0.05, 0) is 37.3 Å². The van der Waals surface area contributed by atoms with E-state index >= 15 is 0 Å². The summed E-state index contributed by atoms with van der Waals surface area (Å²) in [6.45, 7) is 2.27. The Balaban J connectivity index is 2.17. The van der Waals surface area contributed by atoms with Gasteiger partial charge in [0.15, 0.2) is 0 Å². The minimum atomic E-state index is -0.0415. The molecule has 1 aromatic heterocycles. The molecule has 0 fully saturated rings. The van der Waals surface area contributed by atoms with E-state index in [9.17, 15) is 0 Å². The zero-order valence-electron chi connectivity index (χ0n) is 10.9. The number of hydrogen-bond acceptors (Lipinski definition) is 3. The quantitative estimate of drug-likeness (QED) is 0.877. The lowest BCUT2D eigenvalue weighted by Gasteiger charge is -2.34. The highest BCUT2D eigenvalue weighted by molar-refractivity contribution is 5.54. The summed E-state index contributed by atoms with van der Waals surface area (Å²) in [5.74, 6) is 0. The van der Waals surface area contributed by atoms with E-state index < -0.39 is 0 Å². The van der Waals surface area contributed by atoms with Crippen molar-refractivity contribution in [2.24, 2.45) is 0 Å². The van der Waals surface area contributed by atoms with Gasteiger partial charge in [-0.2, -0.15) is 0 Å². The summed E-state index contributed by atoms with van der Waals surface area (Å²) in [6, 6.07) is 8.68. The van der Waals surface area contributed by atoms with Crippen LogP contribution in [0.25, 0.3) is 0 Å². The van der Waals surface area contributed by atoms with Crippen LogP contribution in [-0.2, 0) is 11.8 Å². The largest absolute Gasteiger partial charge is 0.384 e. The van der Waals surface area contributed by atoms with Gasteiger partial charge in [-0.15, -0.1) is 0 Å². The van der Waals surface area contributed by atoms with E-state index in [0.29, 0.717) is 0 Å². The summed E-state index contributed by atoms with van der Waals surface area (Å²) in [5, 5.41) is 7.42. The van der Waals surface area contributed by atoms with Crippen molar-refractivity contribution < 1.29 is 4.52 Å². The van der Waals surface area contributed by atoms with Crippen LogP contribution in [0.1, 0.15) is 36.6 Å². The van der Waals surface area contributed by atoms with E-state index in [1.165, 1.54) is 24.0 Å². The molecular weight excluding hydrogens is 224 g/mol. The Bertz CT molecular complexity index is 561. The summed E-state index contributed by atoms with van der Waals surface area (Å²) in [4.78, 5) is 0. The fourth-order valence-electron chi connectivity index (χ4n) is 3.10. The fraction of sp³-hybridized carbons (Fsp3) is 0.400. The molecule has 0 amide bonds. The minimum absolute atomic E-state index is 0.0415. The fourth-order valence-corrected chi connectivity index (χ4v) is 3.10. The Hall–Kier alpha value is -1.77. The first kappa shape index (κ1) is 11.3. The summed E-state index contributed by atoms with van der Waals surface area (Å²) < 4.78 is 5.16. The summed E-state index contributed by atoms with van der Waals surface area (Å²) >= 11 is 0. The van der Waals surface area contributed by atoms with Crippen molar-refractivity contribution in [3.05, 3.63) is 47.3 Å². The highest BCUT2D eigenvalue weighted by Crippen LogP contribution is 2.43. The molecule has 1 aromatic carbocycles. The Morgan fingerprint density at radius 2 is 2.17 bits per heavy atom. The first-order chi connectivity index (χ1) is 8.75. The van der Waals surface area contributed by atoms with Crippen LogP contribution in [-0.4, -0.2) is 12.2 Å². The van der Waals surface area contributed by atoms with Gasteiger partial charge in [-0.25, -0.2) is 0 Å². The van der Waals surface area contributed by atoms with Crippen LogP contribution in [0, 0.1) is 0 Å². The maximum Gasteiger partial charge on any atom is 0.147 e. The molecule has 1 heterocycles. The topological polar surface area (TPSA) is 38.1 Å². The third-order valence-electron chi connectivity index (χ3n) is 4.10. The van der Waals surface area contributed by atoms with Crippen molar-refractivity contribution in [3.63, 3.8) is 0 Å².